The monoisotopic (exact) mass is 682 g/mol. The zero-order valence-corrected chi connectivity index (χ0v) is 28.2. The van der Waals surface area contributed by atoms with Crippen molar-refractivity contribution in [2.75, 3.05) is 6.54 Å². The molecule has 1 aliphatic rings. The number of carbonyl (C=O) groups excluding carboxylic acids is 2. The highest BCUT2D eigenvalue weighted by Crippen LogP contribution is 2.38. The summed E-state index contributed by atoms with van der Waals surface area (Å²) < 4.78 is 49.8. The number of benzene rings is 3. The molecule has 1 aliphatic carbocycles. The van der Waals surface area contributed by atoms with Gasteiger partial charge in [0.1, 0.15) is 23.7 Å². The third-order valence-electron chi connectivity index (χ3n) is 8.98. The summed E-state index contributed by atoms with van der Waals surface area (Å²) in [4.78, 5) is 39.7. The van der Waals surface area contributed by atoms with Crippen LogP contribution in [0.4, 0.5) is 4.39 Å². The standard InChI is InChI=1S/C36H43FN2O8S/c1-4-30(35(2,3)34(44)47-24-27-13-9-6-10-14-27)32(41)29(21-25-11-7-5-8-12-25)31(40)23-39(22-26-15-17-28(37)18-16-26)48(45,46)38-36(19-20-36)33(42)43/h5-18,29-31,38,40H,4,19-24H2,1-3H3,(H,42,43). The molecule has 48 heavy (non-hydrogen) atoms. The Morgan fingerprint density at radius 1 is 0.938 bits per heavy atom. The Morgan fingerprint density at radius 2 is 1.50 bits per heavy atom. The molecule has 0 saturated heterocycles. The number of nitrogens with one attached hydrogen (secondary N) is 1. The lowest BCUT2D eigenvalue weighted by Gasteiger charge is -2.35. The maximum Gasteiger partial charge on any atom is 0.324 e. The fourth-order valence-electron chi connectivity index (χ4n) is 5.84. The lowest BCUT2D eigenvalue weighted by molar-refractivity contribution is -0.162. The molecule has 3 N–H and O–H groups in total. The van der Waals surface area contributed by atoms with Gasteiger partial charge in [-0.1, -0.05) is 79.7 Å². The fraction of sp³-hybridized carbons (Fsp3) is 0.417. The normalized spacial score (nSPS) is 16.1. The lowest BCUT2D eigenvalue weighted by atomic mass is 9.70. The largest absolute Gasteiger partial charge is 0.480 e. The highest BCUT2D eigenvalue weighted by molar-refractivity contribution is 7.87. The third-order valence-corrected chi connectivity index (χ3v) is 10.6. The molecule has 0 bridgehead atoms. The van der Waals surface area contributed by atoms with E-state index in [9.17, 15) is 37.4 Å². The molecule has 0 aliphatic heterocycles. The van der Waals surface area contributed by atoms with E-state index in [1.165, 1.54) is 12.1 Å². The van der Waals surface area contributed by atoms with Crippen LogP contribution < -0.4 is 4.72 Å². The summed E-state index contributed by atoms with van der Waals surface area (Å²) in [6.07, 6.45) is -1.09. The van der Waals surface area contributed by atoms with Crippen molar-refractivity contribution in [3.8, 4) is 0 Å². The van der Waals surface area contributed by atoms with Gasteiger partial charge in [-0.25, -0.2) is 4.39 Å². The molecule has 0 amide bonds. The number of halogens is 1. The van der Waals surface area contributed by atoms with Crippen molar-refractivity contribution < 1.29 is 42.1 Å². The van der Waals surface area contributed by atoms with Crippen LogP contribution in [-0.2, 0) is 48.9 Å². The Labute approximate surface area is 281 Å². The van der Waals surface area contributed by atoms with E-state index in [4.69, 9.17) is 4.74 Å². The first kappa shape index (κ1) is 36.9. The van der Waals surface area contributed by atoms with Crippen molar-refractivity contribution in [3.05, 3.63) is 107 Å². The van der Waals surface area contributed by atoms with Gasteiger partial charge in [0.15, 0.2) is 0 Å². The summed E-state index contributed by atoms with van der Waals surface area (Å²) in [5.74, 6) is -4.93. The number of ether oxygens (including phenoxy) is 1. The molecule has 4 rings (SSSR count). The van der Waals surface area contributed by atoms with Crippen molar-refractivity contribution in [1.29, 1.82) is 0 Å². The predicted octanol–water partition coefficient (Wildman–Crippen LogP) is 4.66. The zero-order chi connectivity index (χ0) is 35.1. The molecule has 3 aromatic rings. The van der Waals surface area contributed by atoms with Crippen LogP contribution in [0.15, 0.2) is 84.9 Å². The molecular weight excluding hydrogens is 639 g/mol. The number of carbonyl (C=O) groups is 3. The van der Waals surface area contributed by atoms with Gasteiger partial charge in [-0.3, -0.25) is 14.4 Å². The Balaban J connectivity index is 1.64. The van der Waals surface area contributed by atoms with E-state index >= 15 is 0 Å². The number of aliphatic hydroxyl groups is 1. The van der Waals surface area contributed by atoms with Crippen molar-refractivity contribution in [2.45, 2.75) is 71.2 Å². The van der Waals surface area contributed by atoms with Gasteiger partial charge in [-0.15, -0.1) is 0 Å². The predicted molar refractivity (Wildman–Crippen MR) is 177 cm³/mol. The first-order valence-electron chi connectivity index (χ1n) is 15.9. The molecular formula is C36H43FN2O8S. The van der Waals surface area contributed by atoms with Crippen molar-refractivity contribution in [3.63, 3.8) is 0 Å². The Bertz CT molecular complexity index is 1660. The van der Waals surface area contributed by atoms with Crippen LogP contribution in [0.5, 0.6) is 0 Å². The van der Waals surface area contributed by atoms with Gasteiger partial charge in [-0.05, 0) is 68.4 Å². The summed E-state index contributed by atoms with van der Waals surface area (Å²) in [6, 6.07) is 23.1. The minimum atomic E-state index is -4.54. The van der Waals surface area contributed by atoms with E-state index < -0.39 is 69.2 Å². The van der Waals surface area contributed by atoms with Crippen LogP contribution in [0.25, 0.3) is 0 Å². The molecule has 0 spiro atoms. The maximum atomic E-state index is 14.4. The number of ketones is 1. The van der Waals surface area contributed by atoms with E-state index in [-0.39, 0.29) is 38.8 Å². The summed E-state index contributed by atoms with van der Waals surface area (Å²) >= 11 is 0. The molecule has 0 radical (unpaired) electrons. The molecule has 3 atom stereocenters. The molecule has 3 aromatic carbocycles. The van der Waals surface area contributed by atoms with Gasteiger partial charge >= 0.3 is 11.9 Å². The first-order chi connectivity index (χ1) is 22.7. The van der Waals surface area contributed by atoms with Crippen molar-refractivity contribution in [1.82, 2.24) is 9.03 Å². The van der Waals surface area contributed by atoms with Gasteiger partial charge in [0.05, 0.1) is 11.5 Å². The molecule has 12 heteroatoms. The van der Waals surface area contributed by atoms with Gasteiger partial charge in [0, 0.05) is 24.9 Å². The average Bonchev–Trinajstić information content (AvgIpc) is 3.84. The number of aliphatic carboxylic acids is 1. The van der Waals surface area contributed by atoms with E-state index in [0.29, 0.717) is 11.1 Å². The molecule has 0 heterocycles. The van der Waals surface area contributed by atoms with Gasteiger partial charge in [-0.2, -0.15) is 17.4 Å². The Morgan fingerprint density at radius 3 is 2.02 bits per heavy atom. The van der Waals surface area contributed by atoms with Crippen molar-refractivity contribution >= 4 is 27.9 Å². The minimum Gasteiger partial charge on any atom is -0.480 e. The SMILES string of the molecule is CCC(C(=O)C(Cc1ccccc1)C(O)CN(Cc1ccc(F)cc1)S(=O)(=O)NC1(C(=O)O)CC1)C(C)(C)C(=O)OCc1ccccc1. The topological polar surface area (TPSA) is 150 Å². The second-order valence-corrected chi connectivity index (χ2v) is 14.6. The molecule has 1 fully saturated rings. The van der Waals surface area contributed by atoms with Crippen LogP contribution >= 0.6 is 0 Å². The number of carboxylic acid groups (broad SMARTS) is 1. The smallest absolute Gasteiger partial charge is 0.324 e. The summed E-state index contributed by atoms with van der Waals surface area (Å²) in [7, 11) is -4.54. The summed E-state index contributed by atoms with van der Waals surface area (Å²) in [5, 5.41) is 21.4. The van der Waals surface area contributed by atoms with Crippen LogP contribution in [0, 0.1) is 23.1 Å². The van der Waals surface area contributed by atoms with Gasteiger partial charge in [0.25, 0.3) is 10.2 Å². The van der Waals surface area contributed by atoms with E-state index in [1.54, 1.807) is 51.1 Å². The number of rotatable bonds is 18. The maximum absolute atomic E-state index is 14.4. The number of aliphatic hydroxyl groups excluding tert-OH is 1. The highest BCUT2D eigenvalue weighted by Gasteiger charge is 2.54. The molecule has 10 nitrogen and oxygen atoms in total. The summed E-state index contributed by atoms with van der Waals surface area (Å²) in [5.41, 5.74) is -1.08. The van der Waals surface area contributed by atoms with Gasteiger partial charge < -0.3 is 14.9 Å². The first-order valence-corrected chi connectivity index (χ1v) is 17.4. The highest BCUT2D eigenvalue weighted by atomic mass is 32.2. The lowest BCUT2D eigenvalue weighted by Crippen LogP contribution is -2.53. The Hall–Kier alpha value is -3.97. The fourth-order valence-corrected chi connectivity index (χ4v) is 7.43. The van der Waals surface area contributed by atoms with E-state index in [1.807, 2.05) is 30.3 Å². The summed E-state index contributed by atoms with van der Waals surface area (Å²) in [6.45, 7) is 4.11. The molecule has 1 saturated carbocycles. The second kappa shape index (κ2) is 15.5. The number of Topliss-reactive ketones (excluding diaryl/α,β-unsaturated/α-hetero) is 1. The van der Waals surface area contributed by atoms with Crippen LogP contribution in [0.2, 0.25) is 0 Å². The van der Waals surface area contributed by atoms with Crippen LogP contribution in [0.3, 0.4) is 0 Å². The van der Waals surface area contributed by atoms with Crippen molar-refractivity contribution in [2.24, 2.45) is 17.3 Å². The quantitative estimate of drug-likeness (QED) is 0.164. The third kappa shape index (κ3) is 9.13. The van der Waals surface area contributed by atoms with Gasteiger partial charge in [0.2, 0.25) is 0 Å². The number of carboxylic acids is 1. The van der Waals surface area contributed by atoms with Crippen LogP contribution in [-0.4, -0.2) is 58.8 Å². The van der Waals surface area contributed by atoms with E-state index in [2.05, 4.69) is 4.72 Å². The number of hydrogen-bond donors (Lipinski definition) is 3. The number of esters is 1. The second-order valence-electron chi connectivity index (χ2n) is 12.9. The zero-order valence-electron chi connectivity index (χ0n) is 27.3. The average molecular weight is 683 g/mol. The molecule has 0 aromatic heterocycles. The molecule has 3 unspecified atom stereocenters. The minimum absolute atomic E-state index is 0.0187. The molecule has 258 valence electrons. The number of nitrogens with zero attached hydrogens (tertiary/aromatic N) is 1. The van der Waals surface area contributed by atoms with Crippen LogP contribution in [0.1, 0.15) is 56.7 Å². The number of hydrogen-bond acceptors (Lipinski definition) is 7. The Kier molecular flexibility index (Phi) is 11.9. The van der Waals surface area contributed by atoms with E-state index in [0.717, 1.165) is 22.0 Å².